The molecule has 2 rings (SSSR count). The normalized spacial score (nSPS) is 21.8. The van der Waals surface area contributed by atoms with E-state index in [2.05, 4.69) is 27.1 Å². The van der Waals surface area contributed by atoms with Crippen molar-refractivity contribution in [3.63, 3.8) is 0 Å². The third kappa shape index (κ3) is 2.58. The van der Waals surface area contributed by atoms with Crippen LogP contribution >= 0.6 is 11.6 Å². The minimum Gasteiger partial charge on any atom is -0.354 e. The topological polar surface area (TPSA) is 41.0 Å². The Morgan fingerprint density at radius 1 is 1.53 bits per heavy atom. The first-order valence-corrected chi connectivity index (χ1v) is 5.52. The summed E-state index contributed by atoms with van der Waals surface area (Å²) in [5.74, 6) is 0.931. The van der Waals surface area contributed by atoms with E-state index in [1.807, 2.05) is 13.0 Å². The van der Waals surface area contributed by atoms with Crippen LogP contribution in [0.15, 0.2) is 6.07 Å². The molecule has 0 aliphatic carbocycles. The maximum Gasteiger partial charge on any atom is 0.224 e. The molecule has 82 valence electrons. The largest absolute Gasteiger partial charge is 0.354 e. The molecule has 15 heavy (non-hydrogen) atoms. The maximum absolute atomic E-state index is 5.84. The second-order valence-electron chi connectivity index (χ2n) is 3.94. The number of hydrogen-bond donors (Lipinski definition) is 1. The van der Waals surface area contributed by atoms with E-state index in [1.54, 1.807) is 0 Å². The molecule has 1 aromatic rings. The van der Waals surface area contributed by atoms with Crippen molar-refractivity contribution in [3.8, 4) is 0 Å². The van der Waals surface area contributed by atoms with Gasteiger partial charge >= 0.3 is 0 Å². The first-order chi connectivity index (χ1) is 7.15. The molecule has 0 bridgehead atoms. The van der Waals surface area contributed by atoms with Crippen molar-refractivity contribution in [1.82, 2.24) is 15.3 Å². The fraction of sp³-hybridized carbons (Fsp3) is 0.600. The molecular weight excluding hydrogens is 212 g/mol. The molecule has 4 nitrogen and oxygen atoms in total. The number of aryl methyl sites for hydroxylation is 1. The lowest BCUT2D eigenvalue weighted by molar-refractivity contribution is 0.482. The molecule has 1 aliphatic heterocycles. The lowest BCUT2D eigenvalue weighted by atomic mass is 10.2. The highest BCUT2D eigenvalue weighted by Crippen LogP contribution is 2.16. The van der Waals surface area contributed by atoms with Crippen LogP contribution in [0.5, 0.6) is 0 Å². The second kappa shape index (κ2) is 4.33. The summed E-state index contributed by atoms with van der Waals surface area (Å²) in [6.45, 7) is 7.02. The Hall–Kier alpha value is -0.870. The summed E-state index contributed by atoms with van der Waals surface area (Å²) >= 11 is 5.84. The summed E-state index contributed by atoms with van der Waals surface area (Å²) in [6.07, 6.45) is 0. The number of nitrogens with zero attached hydrogens (tertiary/aromatic N) is 3. The van der Waals surface area contributed by atoms with Crippen LogP contribution in [0.25, 0.3) is 0 Å². The van der Waals surface area contributed by atoms with Crippen LogP contribution in [0.4, 0.5) is 5.82 Å². The molecule has 0 radical (unpaired) electrons. The number of nitrogens with one attached hydrogen (secondary N) is 1. The van der Waals surface area contributed by atoms with Crippen LogP contribution < -0.4 is 10.2 Å². The van der Waals surface area contributed by atoms with Crippen molar-refractivity contribution in [2.24, 2.45) is 0 Å². The molecule has 0 spiro atoms. The Balaban J connectivity index is 2.20. The predicted octanol–water partition coefficient (Wildman–Crippen LogP) is 1.24. The molecule has 0 aromatic carbocycles. The highest BCUT2D eigenvalue weighted by molar-refractivity contribution is 6.28. The minimum absolute atomic E-state index is 0.330. The third-order valence-corrected chi connectivity index (χ3v) is 2.68. The number of piperazine rings is 1. The van der Waals surface area contributed by atoms with Gasteiger partial charge in [0.2, 0.25) is 5.28 Å². The maximum atomic E-state index is 5.84. The van der Waals surface area contributed by atoms with Crippen molar-refractivity contribution in [3.05, 3.63) is 17.0 Å². The van der Waals surface area contributed by atoms with Crippen LogP contribution in [0, 0.1) is 6.92 Å². The number of aromatic nitrogens is 2. The summed E-state index contributed by atoms with van der Waals surface area (Å²) in [4.78, 5) is 10.5. The van der Waals surface area contributed by atoms with Gasteiger partial charge in [0.05, 0.1) is 0 Å². The Labute approximate surface area is 94.7 Å². The standard InChI is InChI=1S/C10H15ClN4/c1-7-5-9(14-10(11)13-7)15-4-3-12-8(2)6-15/h5,8,12H,3-4,6H2,1-2H3/t8-/m1/s1. The van der Waals surface area contributed by atoms with E-state index >= 15 is 0 Å². The van der Waals surface area contributed by atoms with Gasteiger partial charge in [-0.25, -0.2) is 9.97 Å². The van der Waals surface area contributed by atoms with E-state index in [-0.39, 0.29) is 0 Å². The van der Waals surface area contributed by atoms with Gasteiger partial charge in [-0.05, 0) is 25.4 Å². The van der Waals surface area contributed by atoms with Gasteiger partial charge in [0.1, 0.15) is 5.82 Å². The molecule has 1 saturated heterocycles. The lowest BCUT2D eigenvalue weighted by Crippen LogP contribution is -2.49. The van der Waals surface area contributed by atoms with Gasteiger partial charge in [-0.3, -0.25) is 0 Å². The Morgan fingerprint density at radius 3 is 3.00 bits per heavy atom. The summed E-state index contributed by atoms with van der Waals surface area (Å²) in [5.41, 5.74) is 0.913. The van der Waals surface area contributed by atoms with Crippen molar-refractivity contribution in [2.45, 2.75) is 19.9 Å². The zero-order chi connectivity index (χ0) is 10.8. The van der Waals surface area contributed by atoms with Gasteiger partial charge in [-0.2, -0.15) is 0 Å². The summed E-state index contributed by atoms with van der Waals surface area (Å²) in [7, 11) is 0. The molecule has 0 amide bonds. The van der Waals surface area contributed by atoms with Gasteiger partial charge in [0, 0.05) is 37.4 Å². The quantitative estimate of drug-likeness (QED) is 0.732. The zero-order valence-corrected chi connectivity index (χ0v) is 9.75. The number of halogens is 1. The highest BCUT2D eigenvalue weighted by Gasteiger charge is 2.17. The fourth-order valence-corrected chi connectivity index (χ4v) is 2.04. The molecule has 1 aliphatic rings. The Kier molecular flexibility index (Phi) is 3.07. The first-order valence-electron chi connectivity index (χ1n) is 5.14. The van der Waals surface area contributed by atoms with E-state index in [9.17, 15) is 0 Å². The van der Waals surface area contributed by atoms with Crippen molar-refractivity contribution >= 4 is 17.4 Å². The van der Waals surface area contributed by atoms with E-state index in [1.165, 1.54) is 0 Å². The van der Waals surface area contributed by atoms with Crippen LogP contribution in [0.3, 0.4) is 0 Å². The molecule has 1 fully saturated rings. The molecule has 1 N–H and O–H groups in total. The number of rotatable bonds is 1. The number of hydrogen-bond acceptors (Lipinski definition) is 4. The molecule has 2 heterocycles. The van der Waals surface area contributed by atoms with E-state index < -0.39 is 0 Å². The Bertz CT molecular complexity index is 335. The van der Waals surface area contributed by atoms with Crippen LogP contribution in [0.2, 0.25) is 5.28 Å². The smallest absolute Gasteiger partial charge is 0.224 e. The first kappa shape index (κ1) is 10.6. The summed E-state index contributed by atoms with van der Waals surface area (Å²) in [6, 6.07) is 2.47. The fourth-order valence-electron chi connectivity index (χ4n) is 1.82. The molecule has 0 unspecified atom stereocenters. The highest BCUT2D eigenvalue weighted by atomic mass is 35.5. The monoisotopic (exact) mass is 226 g/mol. The van der Waals surface area contributed by atoms with E-state index in [0.717, 1.165) is 31.1 Å². The average molecular weight is 227 g/mol. The van der Waals surface area contributed by atoms with Gasteiger partial charge in [-0.1, -0.05) is 0 Å². The summed E-state index contributed by atoms with van der Waals surface area (Å²) in [5, 5.41) is 3.72. The van der Waals surface area contributed by atoms with Crippen LogP contribution in [-0.4, -0.2) is 35.6 Å². The van der Waals surface area contributed by atoms with Gasteiger partial charge in [0.25, 0.3) is 0 Å². The SMILES string of the molecule is Cc1cc(N2CCN[C@H](C)C2)nc(Cl)n1. The molecule has 5 heteroatoms. The predicted molar refractivity (Wildman–Crippen MR) is 61.5 cm³/mol. The second-order valence-corrected chi connectivity index (χ2v) is 4.28. The Morgan fingerprint density at radius 2 is 2.33 bits per heavy atom. The lowest BCUT2D eigenvalue weighted by Gasteiger charge is -2.32. The van der Waals surface area contributed by atoms with Crippen molar-refractivity contribution in [2.75, 3.05) is 24.5 Å². The van der Waals surface area contributed by atoms with Gasteiger partial charge in [0.15, 0.2) is 0 Å². The average Bonchev–Trinajstić information content (AvgIpc) is 2.16. The van der Waals surface area contributed by atoms with Crippen LogP contribution in [-0.2, 0) is 0 Å². The zero-order valence-electron chi connectivity index (χ0n) is 9.00. The van der Waals surface area contributed by atoms with Gasteiger partial charge < -0.3 is 10.2 Å². The summed E-state index contributed by atoms with van der Waals surface area (Å²) < 4.78 is 0. The third-order valence-electron chi connectivity index (χ3n) is 2.51. The molecule has 1 aromatic heterocycles. The molecular formula is C10H15ClN4. The molecule has 0 saturated carbocycles. The van der Waals surface area contributed by atoms with E-state index in [0.29, 0.717) is 11.3 Å². The van der Waals surface area contributed by atoms with Gasteiger partial charge in [-0.15, -0.1) is 0 Å². The van der Waals surface area contributed by atoms with Crippen LogP contribution in [0.1, 0.15) is 12.6 Å². The van der Waals surface area contributed by atoms with Crippen molar-refractivity contribution in [1.29, 1.82) is 0 Å². The minimum atomic E-state index is 0.330. The van der Waals surface area contributed by atoms with E-state index in [4.69, 9.17) is 11.6 Å². The molecule has 1 atom stereocenters. The van der Waals surface area contributed by atoms with Crippen molar-refractivity contribution < 1.29 is 0 Å². The number of anilines is 1.